The molecule has 0 unspecified atom stereocenters. The first kappa shape index (κ1) is 15.7. The van der Waals surface area contributed by atoms with Crippen LogP contribution in [0.2, 0.25) is 5.02 Å². The summed E-state index contributed by atoms with van der Waals surface area (Å²) >= 11 is 6.06. The van der Waals surface area contributed by atoms with Crippen molar-refractivity contribution < 1.29 is 23.7 Å². The zero-order chi connectivity index (χ0) is 15.1. The van der Waals surface area contributed by atoms with Crippen molar-refractivity contribution in [3.63, 3.8) is 0 Å². The van der Waals surface area contributed by atoms with Gasteiger partial charge in [-0.3, -0.25) is 0 Å². The maximum absolute atomic E-state index is 11.5. The van der Waals surface area contributed by atoms with Crippen molar-refractivity contribution in [1.82, 2.24) is 0 Å². The van der Waals surface area contributed by atoms with Crippen molar-refractivity contribution >= 4 is 23.6 Å². The third-order valence-electron chi connectivity index (χ3n) is 2.85. The Morgan fingerprint density at radius 1 is 1.33 bits per heavy atom. The summed E-state index contributed by atoms with van der Waals surface area (Å²) in [4.78, 5) is 11.5. The van der Waals surface area contributed by atoms with E-state index in [1.165, 1.54) is 6.08 Å². The third-order valence-corrected chi connectivity index (χ3v) is 3.13. The molecule has 0 spiro atoms. The predicted octanol–water partition coefficient (Wildman–Crippen LogP) is 3.05. The number of fused-ring (bicyclic) bond motifs is 1. The minimum absolute atomic E-state index is 0.158. The van der Waals surface area contributed by atoms with E-state index >= 15 is 0 Å². The van der Waals surface area contributed by atoms with Crippen molar-refractivity contribution in [1.29, 1.82) is 0 Å². The molecule has 0 aromatic heterocycles. The fourth-order valence-corrected chi connectivity index (χ4v) is 2.09. The summed E-state index contributed by atoms with van der Waals surface area (Å²) in [6.07, 6.45) is 4.64. The fraction of sp³-hybridized carbons (Fsp3) is 0.400. The molecule has 0 N–H and O–H groups in total. The molecule has 114 valence electrons. The molecule has 1 aromatic rings. The fourth-order valence-electron chi connectivity index (χ4n) is 1.82. The molecule has 0 atom stereocenters. The Kier molecular flexibility index (Phi) is 5.90. The second-order valence-electron chi connectivity index (χ2n) is 4.44. The molecule has 2 rings (SSSR count). The van der Waals surface area contributed by atoms with Gasteiger partial charge in [0.25, 0.3) is 0 Å². The number of unbranched alkanes of at least 4 members (excludes halogenated alkanes) is 1. The molecule has 0 fully saturated rings. The quantitative estimate of drug-likeness (QED) is 0.440. The van der Waals surface area contributed by atoms with Crippen LogP contribution in [0.3, 0.4) is 0 Å². The topological polar surface area (TPSA) is 54.0 Å². The van der Waals surface area contributed by atoms with Crippen molar-refractivity contribution in [3.05, 3.63) is 28.8 Å². The molecule has 0 radical (unpaired) electrons. The standard InChI is InChI=1S/C15H17ClO5/c1-18-6-2-3-7-19-14(17)5-4-11-8-12(16)15-13(9-11)20-10-21-15/h4-5,8-9H,2-3,6-7,10H2,1H3/b5-4+. The Morgan fingerprint density at radius 2 is 2.14 bits per heavy atom. The highest BCUT2D eigenvalue weighted by Crippen LogP contribution is 2.40. The molecule has 6 heteroatoms. The van der Waals surface area contributed by atoms with E-state index in [0.717, 1.165) is 18.4 Å². The average molecular weight is 313 g/mol. The summed E-state index contributed by atoms with van der Waals surface area (Å²) in [5.74, 6) is 0.728. The van der Waals surface area contributed by atoms with E-state index in [-0.39, 0.29) is 12.8 Å². The van der Waals surface area contributed by atoms with Gasteiger partial charge in [0, 0.05) is 19.8 Å². The molecule has 21 heavy (non-hydrogen) atoms. The van der Waals surface area contributed by atoms with E-state index in [2.05, 4.69) is 0 Å². The molecular weight excluding hydrogens is 296 g/mol. The maximum atomic E-state index is 11.5. The number of carbonyl (C=O) groups is 1. The van der Waals surface area contributed by atoms with Crippen molar-refractivity contribution in [3.8, 4) is 11.5 Å². The Bertz CT molecular complexity index is 527. The molecule has 1 aliphatic heterocycles. The lowest BCUT2D eigenvalue weighted by molar-refractivity contribution is -0.137. The molecule has 1 aromatic carbocycles. The van der Waals surface area contributed by atoms with Crippen LogP contribution in [0, 0.1) is 0 Å². The van der Waals surface area contributed by atoms with Gasteiger partial charge in [-0.25, -0.2) is 4.79 Å². The second kappa shape index (κ2) is 7.90. The highest BCUT2D eigenvalue weighted by Gasteiger charge is 2.17. The zero-order valence-corrected chi connectivity index (χ0v) is 12.5. The van der Waals surface area contributed by atoms with Crippen LogP contribution in [-0.2, 0) is 14.3 Å². The van der Waals surface area contributed by atoms with Crippen LogP contribution >= 0.6 is 11.6 Å². The third kappa shape index (κ3) is 4.65. The number of esters is 1. The van der Waals surface area contributed by atoms with E-state index in [1.54, 1.807) is 25.3 Å². The summed E-state index contributed by atoms with van der Waals surface area (Å²) in [5, 5.41) is 0.456. The Hall–Kier alpha value is -1.72. The van der Waals surface area contributed by atoms with Gasteiger partial charge in [0.2, 0.25) is 6.79 Å². The van der Waals surface area contributed by atoms with Crippen LogP contribution < -0.4 is 9.47 Å². The lowest BCUT2D eigenvalue weighted by Crippen LogP contribution is -2.03. The van der Waals surface area contributed by atoms with Gasteiger partial charge < -0.3 is 18.9 Å². The number of carbonyl (C=O) groups excluding carboxylic acids is 1. The average Bonchev–Trinajstić information content (AvgIpc) is 2.94. The number of halogens is 1. The van der Waals surface area contributed by atoms with E-state index in [4.69, 9.17) is 30.5 Å². The lowest BCUT2D eigenvalue weighted by Gasteiger charge is -2.02. The summed E-state index contributed by atoms with van der Waals surface area (Å²) in [6.45, 7) is 1.21. The molecule has 1 heterocycles. The maximum Gasteiger partial charge on any atom is 0.330 e. The van der Waals surface area contributed by atoms with Gasteiger partial charge >= 0.3 is 5.97 Å². The molecule has 0 saturated carbocycles. The van der Waals surface area contributed by atoms with Gasteiger partial charge in [-0.1, -0.05) is 11.6 Å². The van der Waals surface area contributed by atoms with Gasteiger partial charge in [0.15, 0.2) is 11.5 Å². The molecule has 0 amide bonds. The molecule has 0 saturated heterocycles. The van der Waals surface area contributed by atoms with Crippen molar-refractivity contribution in [2.75, 3.05) is 27.1 Å². The summed E-state index contributed by atoms with van der Waals surface area (Å²) in [6, 6.07) is 3.47. The summed E-state index contributed by atoms with van der Waals surface area (Å²) in [5.41, 5.74) is 0.751. The molecule has 1 aliphatic rings. The minimum Gasteiger partial charge on any atom is -0.463 e. The first-order chi connectivity index (χ1) is 10.2. The van der Waals surface area contributed by atoms with Gasteiger partial charge in [0.05, 0.1) is 11.6 Å². The van der Waals surface area contributed by atoms with Crippen LogP contribution in [0.15, 0.2) is 18.2 Å². The predicted molar refractivity (Wildman–Crippen MR) is 78.7 cm³/mol. The van der Waals surface area contributed by atoms with Crippen LogP contribution in [0.1, 0.15) is 18.4 Å². The lowest BCUT2D eigenvalue weighted by atomic mass is 10.2. The second-order valence-corrected chi connectivity index (χ2v) is 4.84. The van der Waals surface area contributed by atoms with Gasteiger partial charge in [-0.2, -0.15) is 0 Å². The molecule has 0 bridgehead atoms. The van der Waals surface area contributed by atoms with E-state index in [9.17, 15) is 4.79 Å². The zero-order valence-electron chi connectivity index (χ0n) is 11.8. The van der Waals surface area contributed by atoms with Crippen LogP contribution in [-0.4, -0.2) is 33.1 Å². The Balaban J connectivity index is 1.83. The number of hydrogen-bond donors (Lipinski definition) is 0. The minimum atomic E-state index is -0.388. The number of methoxy groups -OCH3 is 1. The molecule has 0 aliphatic carbocycles. The SMILES string of the molecule is COCCCCOC(=O)/C=C/c1cc(Cl)c2c(c1)OCO2. The molecule has 5 nitrogen and oxygen atoms in total. The first-order valence-corrected chi connectivity index (χ1v) is 7.01. The van der Waals surface area contributed by atoms with E-state index in [1.807, 2.05) is 0 Å². The van der Waals surface area contributed by atoms with Gasteiger partial charge in [-0.05, 0) is 36.6 Å². The first-order valence-electron chi connectivity index (χ1n) is 6.63. The Morgan fingerprint density at radius 3 is 2.95 bits per heavy atom. The smallest absolute Gasteiger partial charge is 0.330 e. The highest BCUT2D eigenvalue weighted by atomic mass is 35.5. The molecular formula is C15H17ClO5. The number of ether oxygens (including phenoxy) is 4. The summed E-state index contributed by atoms with van der Waals surface area (Å²) in [7, 11) is 1.64. The van der Waals surface area contributed by atoms with Crippen LogP contribution in [0.4, 0.5) is 0 Å². The van der Waals surface area contributed by atoms with Crippen molar-refractivity contribution in [2.45, 2.75) is 12.8 Å². The Labute approximate surface area is 128 Å². The van der Waals surface area contributed by atoms with E-state index in [0.29, 0.717) is 29.7 Å². The van der Waals surface area contributed by atoms with E-state index < -0.39 is 0 Å². The number of benzene rings is 1. The number of rotatable bonds is 7. The highest BCUT2D eigenvalue weighted by molar-refractivity contribution is 6.32. The largest absolute Gasteiger partial charge is 0.463 e. The van der Waals surface area contributed by atoms with Gasteiger partial charge in [-0.15, -0.1) is 0 Å². The van der Waals surface area contributed by atoms with Crippen LogP contribution in [0.5, 0.6) is 11.5 Å². The van der Waals surface area contributed by atoms with Crippen LogP contribution in [0.25, 0.3) is 6.08 Å². The van der Waals surface area contributed by atoms with Gasteiger partial charge in [0.1, 0.15) is 0 Å². The number of hydrogen-bond acceptors (Lipinski definition) is 5. The van der Waals surface area contributed by atoms with Crippen molar-refractivity contribution in [2.24, 2.45) is 0 Å². The summed E-state index contributed by atoms with van der Waals surface area (Å²) < 4.78 is 20.5. The normalized spacial score (nSPS) is 12.9. The monoisotopic (exact) mass is 312 g/mol.